The molecular formula is C19H19BrN2O3. The summed E-state index contributed by atoms with van der Waals surface area (Å²) in [7, 11) is 0. The molecule has 0 fully saturated rings. The number of ether oxygens (including phenoxy) is 2. The van der Waals surface area contributed by atoms with E-state index in [2.05, 4.69) is 26.1 Å². The lowest BCUT2D eigenvalue weighted by atomic mass is 10.1. The Morgan fingerprint density at radius 1 is 0.960 bits per heavy atom. The third-order valence-corrected chi connectivity index (χ3v) is 4.52. The fourth-order valence-corrected chi connectivity index (χ4v) is 2.67. The van der Waals surface area contributed by atoms with Crippen LogP contribution in [-0.2, 0) is 0 Å². The smallest absolute Gasteiger partial charge is 0.258 e. The van der Waals surface area contributed by atoms with E-state index < -0.39 is 0 Å². The van der Waals surface area contributed by atoms with Crippen LogP contribution in [0.4, 0.5) is 0 Å². The molecule has 6 heteroatoms. The first kappa shape index (κ1) is 17.5. The predicted octanol–water partition coefficient (Wildman–Crippen LogP) is 5.27. The molecule has 0 spiro atoms. The van der Waals surface area contributed by atoms with Crippen LogP contribution in [0, 0.1) is 6.92 Å². The highest BCUT2D eigenvalue weighted by Crippen LogP contribution is 2.33. The molecule has 0 saturated carbocycles. The van der Waals surface area contributed by atoms with E-state index in [1.807, 2.05) is 57.2 Å². The lowest BCUT2D eigenvalue weighted by Gasteiger charge is -2.11. The van der Waals surface area contributed by atoms with Gasteiger partial charge in [-0.05, 0) is 62.7 Å². The van der Waals surface area contributed by atoms with Gasteiger partial charge in [-0.2, -0.15) is 4.98 Å². The van der Waals surface area contributed by atoms with Crippen molar-refractivity contribution in [3.05, 3.63) is 46.4 Å². The van der Waals surface area contributed by atoms with Gasteiger partial charge in [0.15, 0.2) is 11.5 Å². The van der Waals surface area contributed by atoms with E-state index in [4.69, 9.17) is 14.0 Å². The second kappa shape index (κ2) is 7.70. The van der Waals surface area contributed by atoms with E-state index in [1.54, 1.807) is 0 Å². The Morgan fingerprint density at radius 3 is 2.40 bits per heavy atom. The van der Waals surface area contributed by atoms with Crippen molar-refractivity contribution in [3.63, 3.8) is 0 Å². The van der Waals surface area contributed by atoms with Gasteiger partial charge in [-0.1, -0.05) is 21.1 Å². The van der Waals surface area contributed by atoms with Gasteiger partial charge in [-0.25, -0.2) is 0 Å². The average molecular weight is 403 g/mol. The largest absolute Gasteiger partial charge is 0.490 e. The molecule has 0 amide bonds. The van der Waals surface area contributed by atoms with Crippen LogP contribution in [0.15, 0.2) is 45.4 Å². The summed E-state index contributed by atoms with van der Waals surface area (Å²) in [5, 5.41) is 4.09. The number of hydrogen-bond acceptors (Lipinski definition) is 5. The molecule has 0 aliphatic heterocycles. The Morgan fingerprint density at radius 2 is 1.68 bits per heavy atom. The Hall–Kier alpha value is -2.34. The molecule has 0 bridgehead atoms. The molecule has 0 atom stereocenters. The predicted molar refractivity (Wildman–Crippen MR) is 99.9 cm³/mol. The molecule has 1 aromatic heterocycles. The molecule has 0 saturated heterocycles. The number of benzene rings is 2. The minimum atomic E-state index is 0.444. The highest BCUT2D eigenvalue weighted by atomic mass is 79.9. The van der Waals surface area contributed by atoms with E-state index in [1.165, 1.54) is 0 Å². The molecule has 25 heavy (non-hydrogen) atoms. The standard InChI is InChI=1S/C19H19BrN2O3/c1-4-23-16-9-7-14(11-17(16)24-5-2)19-21-18(22-25-19)13-6-8-15(20)12(3)10-13/h6-11H,4-5H2,1-3H3. The van der Waals surface area contributed by atoms with Crippen molar-refractivity contribution >= 4 is 15.9 Å². The molecule has 3 aromatic rings. The van der Waals surface area contributed by atoms with Gasteiger partial charge >= 0.3 is 0 Å². The molecule has 5 nitrogen and oxygen atoms in total. The van der Waals surface area contributed by atoms with Crippen molar-refractivity contribution in [2.45, 2.75) is 20.8 Å². The molecule has 130 valence electrons. The second-order valence-electron chi connectivity index (χ2n) is 5.41. The molecule has 3 rings (SSSR count). The quantitative estimate of drug-likeness (QED) is 0.561. The summed E-state index contributed by atoms with van der Waals surface area (Å²) in [5.74, 6) is 2.37. The molecule has 2 aromatic carbocycles. The van der Waals surface area contributed by atoms with Crippen LogP contribution in [0.25, 0.3) is 22.8 Å². The fraction of sp³-hybridized carbons (Fsp3) is 0.263. The zero-order valence-corrected chi connectivity index (χ0v) is 16.0. The zero-order valence-electron chi connectivity index (χ0n) is 14.4. The van der Waals surface area contributed by atoms with E-state index >= 15 is 0 Å². The summed E-state index contributed by atoms with van der Waals surface area (Å²) in [4.78, 5) is 4.51. The summed E-state index contributed by atoms with van der Waals surface area (Å²) in [6.07, 6.45) is 0. The number of aromatic nitrogens is 2. The Labute approximate surface area is 155 Å². The summed E-state index contributed by atoms with van der Waals surface area (Å²) in [6, 6.07) is 11.6. The lowest BCUT2D eigenvalue weighted by Crippen LogP contribution is -1.98. The van der Waals surface area contributed by atoms with Crippen molar-refractivity contribution < 1.29 is 14.0 Å². The van der Waals surface area contributed by atoms with Crippen LogP contribution in [0.5, 0.6) is 11.5 Å². The summed E-state index contributed by atoms with van der Waals surface area (Å²) >= 11 is 3.50. The number of rotatable bonds is 6. The van der Waals surface area contributed by atoms with Gasteiger partial charge in [0.25, 0.3) is 5.89 Å². The number of aryl methyl sites for hydroxylation is 1. The van der Waals surface area contributed by atoms with Crippen LogP contribution < -0.4 is 9.47 Å². The van der Waals surface area contributed by atoms with Gasteiger partial charge in [-0.15, -0.1) is 0 Å². The average Bonchev–Trinajstić information content (AvgIpc) is 3.09. The summed E-state index contributed by atoms with van der Waals surface area (Å²) in [5.41, 5.74) is 2.81. The molecule has 0 unspecified atom stereocenters. The highest BCUT2D eigenvalue weighted by molar-refractivity contribution is 9.10. The van der Waals surface area contributed by atoms with Crippen molar-refractivity contribution in [2.75, 3.05) is 13.2 Å². The van der Waals surface area contributed by atoms with Gasteiger partial charge in [-0.3, -0.25) is 0 Å². The van der Waals surface area contributed by atoms with Crippen LogP contribution in [0.2, 0.25) is 0 Å². The van der Waals surface area contributed by atoms with E-state index in [0.29, 0.717) is 36.4 Å². The van der Waals surface area contributed by atoms with Crippen LogP contribution in [0.3, 0.4) is 0 Å². The first-order valence-corrected chi connectivity index (χ1v) is 8.92. The first-order valence-electron chi connectivity index (χ1n) is 8.12. The highest BCUT2D eigenvalue weighted by Gasteiger charge is 2.14. The molecule has 0 N–H and O–H groups in total. The minimum Gasteiger partial charge on any atom is -0.490 e. The number of nitrogens with zero attached hydrogens (tertiary/aromatic N) is 2. The van der Waals surface area contributed by atoms with Crippen molar-refractivity contribution in [2.24, 2.45) is 0 Å². The molecular weight excluding hydrogens is 384 g/mol. The van der Waals surface area contributed by atoms with Crippen molar-refractivity contribution in [1.29, 1.82) is 0 Å². The second-order valence-corrected chi connectivity index (χ2v) is 6.27. The lowest BCUT2D eigenvalue weighted by molar-refractivity contribution is 0.288. The maximum absolute atomic E-state index is 5.65. The van der Waals surface area contributed by atoms with Crippen molar-refractivity contribution in [1.82, 2.24) is 10.1 Å². The molecule has 0 aliphatic rings. The van der Waals surface area contributed by atoms with Crippen LogP contribution in [0.1, 0.15) is 19.4 Å². The summed E-state index contributed by atoms with van der Waals surface area (Å²) < 4.78 is 17.7. The SMILES string of the molecule is CCOc1ccc(-c2nc(-c3ccc(Br)c(C)c3)no2)cc1OCC. The van der Waals surface area contributed by atoms with Crippen LogP contribution >= 0.6 is 15.9 Å². The van der Waals surface area contributed by atoms with E-state index in [0.717, 1.165) is 21.2 Å². The number of halogens is 1. The maximum Gasteiger partial charge on any atom is 0.258 e. The van der Waals surface area contributed by atoms with Gasteiger partial charge in [0.05, 0.1) is 13.2 Å². The van der Waals surface area contributed by atoms with Crippen molar-refractivity contribution in [3.8, 4) is 34.3 Å². The minimum absolute atomic E-state index is 0.444. The summed E-state index contributed by atoms with van der Waals surface area (Å²) in [6.45, 7) is 7.02. The Balaban J connectivity index is 1.93. The number of hydrogen-bond donors (Lipinski definition) is 0. The molecule has 0 aliphatic carbocycles. The van der Waals surface area contributed by atoms with Gasteiger partial charge in [0.1, 0.15) is 0 Å². The zero-order chi connectivity index (χ0) is 17.8. The maximum atomic E-state index is 5.65. The monoisotopic (exact) mass is 402 g/mol. The first-order chi connectivity index (χ1) is 12.1. The molecule has 0 radical (unpaired) electrons. The van der Waals surface area contributed by atoms with Crippen LogP contribution in [-0.4, -0.2) is 23.4 Å². The normalized spacial score (nSPS) is 10.7. The van der Waals surface area contributed by atoms with E-state index in [9.17, 15) is 0 Å². The Kier molecular flexibility index (Phi) is 5.38. The molecule has 1 heterocycles. The third-order valence-electron chi connectivity index (χ3n) is 3.63. The topological polar surface area (TPSA) is 57.4 Å². The van der Waals surface area contributed by atoms with Gasteiger partial charge < -0.3 is 14.0 Å². The Bertz CT molecular complexity index is 877. The van der Waals surface area contributed by atoms with E-state index in [-0.39, 0.29) is 0 Å². The third kappa shape index (κ3) is 3.85. The van der Waals surface area contributed by atoms with Gasteiger partial charge in [0, 0.05) is 15.6 Å². The fourth-order valence-electron chi connectivity index (χ4n) is 2.43. The van der Waals surface area contributed by atoms with Gasteiger partial charge in [0.2, 0.25) is 5.82 Å².